The minimum absolute atomic E-state index is 0.0219. The molecule has 1 N–H and O–H groups in total. The molecule has 3 rings (SSSR count). The van der Waals surface area contributed by atoms with Gasteiger partial charge in [0, 0.05) is 44.9 Å². The maximum atomic E-state index is 12.7. The van der Waals surface area contributed by atoms with E-state index in [-0.39, 0.29) is 18.4 Å². The molecule has 0 aliphatic carbocycles. The fraction of sp³-hybridized carbons (Fsp3) is 0.688. The molecule has 1 aromatic heterocycles. The van der Waals surface area contributed by atoms with Crippen LogP contribution >= 0.6 is 0 Å². The van der Waals surface area contributed by atoms with Crippen molar-refractivity contribution in [3.8, 4) is 0 Å². The van der Waals surface area contributed by atoms with E-state index in [0.717, 1.165) is 25.2 Å². The first kappa shape index (κ1) is 16.1. The van der Waals surface area contributed by atoms with Crippen molar-refractivity contribution in [1.82, 2.24) is 14.9 Å². The number of aryl methyl sites for hydroxylation is 1. The number of morpholine rings is 1. The number of rotatable bonds is 4. The van der Waals surface area contributed by atoms with Gasteiger partial charge in [-0.05, 0) is 12.8 Å². The Labute approximate surface area is 136 Å². The number of hydrogen-bond donors (Lipinski definition) is 1. The predicted molar refractivity (Wildman–Crippen MR) is 85.5 cm³/mol. The second kappa shape index (κ2) is 7.23. The van der Waals surface area contributed by atoms with Crippen LogP contribution in [0.3, 0.4) is 0 Å². The van der Waals surface area contributed by atoms with Gasteiger partial charge in [0.25, 0.3) is 5.91 Å². The van der Waals surface area contributed by atoms with Gasteiger partial charge in [0.1, 0.15) is 0 Å². The van der Waals surface area contributed by atoms with Crippen LogP contribution in [0.25, 0.3) is 0 Å². The molecule has 0 spiro atoms. The molecule has 0 radical (unpaired) electrons. The first-order valence-corrected chi connectivity index (χ1v) is 8.31. The SMILES string of the molecule is CCc1nc(N2CCOCC2)ncc1C(=O)N1CC[C@@H](CO)C1. The topological polar surface area (TPSA) is 78.8 Å². The largest absolute Gasteiger partial charge is 0.396 e. The quantitative estimate of drug-likeness (QED) is 0.861. The molecule has 7 heteroatoms. The number of anilines is 1. The molecule has 23 heavy (non-hydrogen) atoms. The lowest BCUT2D eigenvalue weighted by molar-refractivity contribution is 0.0779. The van der Waals surface area contributed by atoms with Crippen molar-refractivity contribution in [2.75, 3.05) is 50.9 Å². The summed E-state index contributed by atoms with van der Waals surface area (Å²) in [5, 5.41) is 9.24. The molecule has 0 saturated carbocycles. The normalized spacial score (nSPS) is 21.7. The van der Waals surface area contributed by atoms with Crippen molar-refractivity contribution < 1.29 is 14.6 Å². The molecule has 1 atom stereocenters. The lowest BCUT2D eigenvalue weighted by atomic mass is 10.1. The van der Waals surface area contributed by atoms with E-state index in [0.29, 0.717) is 44.2 Å². The molecule has 0 unspecified atom stereocenters. The van der Waals surface area contributed by atoms with Gasteiger partial charge in [-0.2, -0.15) is 0 Å². The summed E-state index contributed by atoms with van der Waals surface area (Å²) in [4.78, 5) is 25.6. The molecule has 0 bridgehead atoms. The fourth-order valence-electron chi connectivity index (χ4n) is 3.11. The Morgan fingerprint density at radius 3 is 2.83 bits per heavy atom. The lowest BCUT2D eigenvalue weighted by Crippen LogP contribution is -2.38. The van der Waals surface area contributed by atoms with Gasteiger partial charge in [0.05, 0.1) is 24.5 Å². The first-order chi connectivity index (χ1) is 11.2. The monoisotopic (exact) mass is 320 g/mol. The number of aliphatic hydroxyl groups excluding tert-OH is 1. The lowest BCUT2D eigenvalue weighted by Gasteiger charge is -2.27. The molecule has 2 fully saturated rings. The molecule has 2 saturated heterocycles. The molecular weight excluding hydrogens is 296 g/mol. The van der Waals surface area contributed by atoms with Gasteiger partial charge in [-0.25, -0.2) is 9.97 Å². The Morgan fingerprint density at radius 2 is 2.17 bits per heavy atom. The van der Waals surface area contributed by atoms with Crippen molar-refractivity contribution in [3.05, 3.63) is 17.5 Å². The van der Waals surface area contributed by atoms with Gasteiger partial charge in [0.15, 0.2) is 0 Å². The molecule has 1 amide bonds. The maximum absolute atomic E-state index is 12.7. The van der Waals surface area contributed by atoms with Crippen molar-refractivity contribution in [3.63, 3.8) is 0 Å². The molecule has 3 heterocycles. The number of hydrogen-bond acceptors (Lipinski definition) is 6. The zero-order chi connectivity index (χ0) is 16.2. The third-order valence-electron chi connectivity index (χ3n) is 4.55. The predicted octanol–water partition coefficient (Wildman–Crippen LogP) is 0.330. The van der Waals surface area contributed by atoms with Crippen LogP contribution in [0.4, 0.5) is 5.95 Å². The van der Waals surface area contributed by atoms with Crippen LogP contribution in [0.5, 0.6) is 0 Å². The van der Waals surface area contributed by atoms with E-state index in [2.05, 4.69) is 14.9 Å². The third-order valence-corrected chi connectivity index (χ3v) is 4.55. The van der Waals surface area contributed by atoms with Crippen molar-refractivity contribution >= 4 is 11.9 Å². The first-order valence-electron chi connectivity index (χ1n) is 8.31. The highest BCUT2D eigenvalue weighted by Gasteiger charge is 2.28. The smallest absolute Gasteiger partial charge is 0.257 e. The number of aromatic nitrogens is 2. The Bertz CT molecular complexity index is 560. The molecule has 1 aromatic rings. The van der Waals surface area contributed by atoms with Crippen molar-refractivity contribution in [2.24, 2.45) is 5.92 Å². The highest BCUT2D eigenvalue weighted by molar-refractivity contribution is 5.95. The summed E-state index contributed by atoms with van der Waals surface area (Å²) in [6, 6.07) is 0. The van der Waals surface area contributed by atoms with Crippen LogP contribution in [0.15, 0.2) is 6.20 Å². The van der Waals surface area contributed by atoms with E-state index in [9.17, 15) is 9.90 Å². The summed E-state index contributed by atoms with van der Waals surface area (Å²) in [6.45, 7) is 6.37. The van der Waals surface area contributed by atoms with Crippen LogP contribution in [0.1, 0.15) is 29.4 Å². The molecule has 2 aliphatic rings. The van der Waals surface area contributed by atoms with Crippen LogP contribution < -0.4 is 4.90 Å². The van der Waals surface area contributed by atoms with E-state index in [1.807, 2.05) is 6.92 Å². The van der Waals surface area contributed by atoms with Gasteiger partial charge in [0.2, 0.25) is 5.95 Å². The van der Waals surface area contributed by atoms with Crippen molar-refractivity contribution in [1.29, 1.82) is 0 Å². The summed E-state index contributed by atoms with van der Waals surface area (Å²) in [7, 11) is 0. The highest BCUT2D eigenvalue weighted by Crippen LogP contribution is 2.21. The number of carbonyl (C=O) groups excluding carboxylic acids is 1. The average Bonchev–Trinajstić information content (AvgIpc) is 3.10. The van der Waals surface area contributed by atoms with E-state index < -0.39 is 0 Å². The van der Waals surface area contributed by atoms with Gasteiger partial charge in [-0.3, -0.25) is 4.79 Å². The Kier molecular flexibility index (Phi) is 5.07. The van der Waals surface area contributed by atoms with Crippen molar-refractivity contribution in [2.45, 2.75) is 19.8 Å². The minimum atomic E-state index is -0.0219. The second-order valence-corrected chi connectivity index (χ2v) is 6.07. The summed E-state index contributed by atoms with van der Waals surface area (Å²) < 4.78 is 5.35. The Hall–Kier alpha value is -1.73. The van der Waals surface area contributed by atoms with Gasteiger partial charge in [-0.15, -0.1) is 0 Å². The average molecular weight is 320 g/mol. The summed E-state index contributed by atoms with van der Waals surface area (Å²) in [5.41, 5.74) is 1.38. The van der Waals surface area contributed by atoms with Crippen LogP contribution in [0.2, 0.25) is 0 Å². The zero-order valence-corrected chi connectivity index (χ0v) is 13.6. The van der Waals surface area contributed by atoms with E-state index in [1.54, 1.807) is 11.1 Å². The molecule has 126 valence electrons. The molecule has 7 nitrogen and oxygen atoms in total. The molecule has 2 aliphatic heterocycles. The fourth-order valence-corrected chi connectivity index (χ4v) is 3.11. The molecule has 0 aromatic carbocycles. The zero-order valence-electron chi connectivity index (χ0n) is 13.6. The highest BCUT2D eigenvalue weighted by atomic mass is 16.5. The van der Waals surface area contributed by atoms with Gasteiger partial charge >= 0.3 is 0 Å². The third kappa shape index (κ3) is 3.45. The number of carbonyl (C=O) groups is 1. The second-order valence-electron chi connectivity index (χ2n) is 6.07. The van der Waals surface area contributed by atoms with Gasteiger partial charge < -0.3 is 19.6 Å². The van der Waals surface area contributed by atoms with E-state index in [1.165, 1.54) is 0 Å². The minimum Gasteiger partial charge on any atom is -0.396 e. The summed E-state index contributed by atoms with van der Waals surface area (Å²) >= 11 is 0. The Morgan fingerprint density at radius 1 is 1.39 bits per heavy atom. The van der Waals surface area contributed by atoms with Crippen LogP contribution in [-0.4, -0.2) is 71.9 Å². The maximum Gasteiger partial charge on any atom is 0.257 e. The summed E-state index contributed by atoms with van der Waals surface area (Å²) in [5.74, 6) is 0.847. The number of amides is 1. The number of nitrogens with zero attached hydrogens (tertiary/aromatic N) is 4. The number of ether oxygens (including phenoxy) is 1. The van der Waals surface area contributed by atoms with Gasteiger partial charge in [-0.1, -0.05) is 6.92 Å². The Balaban J connectivity index is 1.78. The number of aliphatic hydroxyl groups is 1. The molecular formula is C16H24N4O3. The van der Waals surface area contributed by atoms with E-state index >= 15 is 0 Å². The standard InChI is InChI=1S/C16H24N4O3/c1-2-14-13(15(22)20-4-3-12(10-20)11-21)9-17-16(18-14)19-5-7-23-8-6-19/h9,12,21H,2-8,10-11H2,1H3/t12-/m1/s1. The number of likely N-dealkylation sites (tertiary alicyclic amines) is 1. The van der Waals surface area contributed by atoms with Crippen LogP contribution in [0, 0.1) is 5.92 Å². The van der Waals surface area contributed by atoms with Crippen LogP contribution in [-0.2, 0) is 11.2 Å². The summed E-state index contributed by atoms with van der Waals surface area (Å²) in [6.07, 6.45) is 3.21. The van der Waals surface area contributed by atoms with E-state index in [4.69, 9.17) is 4.74 Å².